The van der Waals surface area contributed by atoms with Gasteiger partial charge in [-0.25, -0.2) is 0 Å². The number of carbonyl (C=O) groups excluding carboxylic acids is 1. The molecule has 0 bridgehead atoms. The zero-order valence-corrected chi connectivity index (χ0v) is 15.5. The van der Waals surface area contributed by atoms with Crippen molar-refractivity contribution in [3.63, 3.8) is 0 Å². The van der Waals surface area contributed by atoms with Crippen molar-refractivity contribution in [1.82, 2.24) is 5.32 Å². The molecule has 0 saturated carbocycles. The van der Waals surface area contributed by atoms with E-state index in [1.807, 2.05) is 55.5 Å². The first-order valence-corrected chi connectivity index (χ1v) is 9.05. The Morgan fingerprint density at radius 1 is 0.962 bits per heavy atom. The van der Waals surface area contributed by atoms with Gasteiger partial charge in [-0.1, -0.05) is 61.5 Å². The first-order valence-electron chi connectivity index (χ1n) is 9.05. The molecule has 134 valence electrons. The van der Waals surface area contributed by atoms with E-state index >= 15 is 0 Å². The predicted molar refractivity (Wildman–Crippen MR) is 107 cm³/mol. The third kappa shape index (κ3) is 3.88. The van der Waals surface area contributed by atoms with Crippen LogP contribution in [0.25, 0.3) is 10.8 Å². The average molecular weight is 347 g/mol. The lowest BCUT2D eigenvalue weighted by molar-refractivity contribution is -0.123. The highest BCUT2D eigenvalue weighted by Gasteiger charge is 2.19. The predicted octanol–water partition coefficient (Wildman–Crippen LogP) is 5.22. The number of fused-ring (bicyclic) bond motifs is 1. The molecule has 0 saturated heterocycles. The van der Waals surface area contributed by atoms with Crippen molar-refractivity contribution < 1.29 is 9.53 Å². The van der Waals surface area contributed by atoms with Crippen LogP contribution in [0.1, 0.15) is 43.4 Å². The Morgan fingerprint density at radius 2 is 1.65 bits per heavy atom. The topological polar surface area (TPSA) is 38.3 Å². The normalized spacial score (nSPS) is 13.2. The van der Waals surface area contributed by atoms with Crippen LogP contribution in [0.3, 0.4) is 0 Å². The Balaban J connectivity index is 1.78. The van der Waals surface area contributed by atoms with Gasteiger partial charge in [0.2, 0.25) is 5.91 Å². The molecule has 3 aromatic rings. The fourth-order valence-corrected chi connectivity index (χ4v) is 3.19. The van der Waals surface area contributed by atoms with E-state index in [4.69, 9.17) is 4.74 Å². The van der Waals surface area contributed by atoms with Gasteiger partial charge in [-0.15, -0.1) is 0 Å². The highest BCUT2D eigenvalue weighted by molar-refractivity contribution is 5.88. The lowest BCUT2D eigenvalue weighted by Crippen LogP contribution is -2.31. The van der Waals surface area contributed by atoms with Crippen LogP contribution in [-0.2, 0) is 4.79 Å². The fraction of sp³-hybridized carbons (Fsp3) is 0.261. The van der Waals surface area contributed by atoms with Gasteiger partial charge < -0.3 is 10.1 Å². The maximum Gasteiger partial charge on any atom is 0.227 e. The number of nitrogens with one attached hydrogen (secondary N) is 1. The van der Waals surface area contributed by atoms with Crippen molar-refractivity contribution in [1.29, 1.82) is 0 Å². The van der Waals surface area contributed by atoms with Gasteiger partial charge >= 0.3 is 0 Å². The summed E-state index contributed by atoms with van der Waals surface area (Å²) in [6.45, 7) is 4.05. The van der Waals surface area contributed by atoms with Crippen LogP contribution in [0.5, 0.6) is 5.75 Å². The van der Waals surface area contributed by atoms with Gasteiger partial charge in [0.05, 0.1) is 19.1 Å². The number of rotatable bonds is 6. The molecule has 0 fully saturated rings. The Morgan fingerprint density at radius 3 is 2.35 bits per heavy atom. The van der Waals surface area contributed by atoms with Gasteiger partial charge in [0.25, 0.3) is 0 Å². The molecule has 26 heavy (non-hydrogen) atoms. The first kappa shape index (κ1) is 18.0. The number of ether oxygens (including phenoxy) is 1. The van der Waals surface area contributed by atoms with Gasteiger partial charge in [-0.2, -0.15) is 0 Å². The Labute approximate surface area is 155 Å². The maximum absolute atomic E-state index is 12.8. The largest absolute Gasteiger partial charge is 0.497 e. The highest BCUT2D eigenvalue weighted by Crippen LogP contribution is 2.26. The molecule has 0 radical (unpaired) electrons. The van der Waals surface area contributed by atoms with Crippen LogP contribution in [-0.4, -0.2) is 13.0 Å². The van der Waals surface area contributed by atoms with E-state index in [0.717, 1.165) is 34.1 Å². The van der Waals surface area contributed by atoms with E-state index in [2.05, 4.69) is 30.4 Å². The van der Waals surface area contributed by atoms with Gasteiger partial charge in [-0.05, 0) is 47.4 Å². The summed E-state index contributed by atoms with van der Waals surface area (Å²) in [5.41, 5.74) is 2.16. The third-order valence-electron chi connectivity index (χ3n) is 4.89. The summed E-state index contributed by atoms with van der Waals surface area (Å²) in [5, 5.41) is 5.41. The molecule has 3 aromatic carbocycles. The van der Waals surface area contributed by atoms with Crippen molar-refractivity contribution in [2.75, 3.05) is 7.11 Å². The summed E-state index contributed by atoms with van der Waals surface area (Å²) >= 11 is 0. The highest BCUT2D eigenvalue weighted by atomic mass is 16.5. The summed E-state index contributed by atoms with van der Waals surface area (Å²) in [6, 6.07) is 22.3. The second-order valence-electron chi connectivity index (χ2n) is 6.57. The molecule has 0 aromatic heterocycles. The summed E-state index contributed by atoms with van der Waals surface area (Å²) in [6.07, 6.45) is 0.861. The van der Waals surface area contributed by atoms with E-state index in [9.17, 15) is 4.79 Å². The molecule has 2 atom stereocenters. The van der Waals surface area contributed by atoms with Crippen LogP contribution in [0.2, 0.25) is 0 Å². The minimum absolute atomic E-state index is 0.0378. The van der Waals surface area contributed by atoms with Crippen LogP contribution in [0, 0.1) is 0 Å². The summed E-state index contributed by atoms with van der Waals surface area (Å²) in [7, 11) is 1.67. The number of hydrogen-bond donors (Lipinski definition) is 1. The van der Waals surface area contributed by atoms with Gasteiger partial charge in [-0.3, -0.25) is 4.79 Å². The molecule has 1 N–H and O–H groups in total. The summed E-state index contributed by atoms with van der Waals surface area (Å²) < 4.78 is 5.27. The SMILES string of the molecule is CCC(NC(=O)[C@@H](C)c1ccc2cc(OC)ccc2c1)c1ccccc1. The van der Waals surface area contributed by atoms with Gasteiger partial charge in [0, 0.05) is 0 Å². The van der Waals surface area contributed by atoms with Crippen molar-refractivity contribution in [2.24, 2.45) is 0 Å². The van der Waals surface area contributed by atoms with Crippen LogP contribution >= 0.6 is 0 Å². The van der Waals surface area contributed by atoms with Gasteiger partial charge in [0.15, 0.2) is 0 Å². The standard InChI is InChI=1S/C23H25NO2/c1-4-22(17-8-6-5-7-9-17)24-23(25)16(2)18-10-11-20-15-21(26-3)13-12-19(20)14-18/h5-16,22H,4H2,1-3H3,(H,24,25)/t16-,22?/m0/s1. The van der Waals surface area contributed by atoms with E-state index < -0.39 is 0 Å². The minimum atomic E-state index is -0.209. The molecule has 3 nitrogen and oxygen atoms in total. The van der Waals surface area contributed by atoms with E-state index in [-0.39, 0.29) is 17.9 Å². The van der Waals surface area contributed by atoms with Gasteiger partial charge in [0.1, 0.15) is 5.75 Å². The van der Waals surface area contributed by atoms with E-state index in [0.29, 0.717) is 0 Å². The average Bonchev–Trinajstić information content (AvgIpc) is 2.71. The Bertz CT molecular complexity index is 889. The lowest BCUT2D eigenvalue weighted by atomic mass is 9.96. The van der Waals surface area contributed by atoms with Crippen molar-refractivity contribution in [3.05, 3.63) is 77.9 Å². The number of amides is 1. The number of benzene rings is 3. The summed E-state index contributed by atoms with van der Waals surface area (Å²) in [5.74, 6) is 0.678. The van der Waals surface area contributed by atoms with Crippen LogP contribution < -0.4 is 10.1 Å². The third-order valence-corrected chi connectivity index (χ3v) is 4.89. The Hall–Kier alpha value is -2.81. The molecular formula is C23H25NO2. The monoisotopic (exact) mass is 347 g/mol. The van der Waals surface area contributed by atoms with Crippen molar-refractivity contribution in [3.8, 4) is 5.75 Å². The molecule has 0 aliphatic rings. The van der Waals surface area contributed by atoms with Crippen molar-refractivity contribution in [2.45, 2.75) is 32.2 Å². The fourth-order valence-electron chi connectivity index (χ4n) is 3.19. The molecule has 1 unspecified atom stereocenters. The quantitative estimate of drug-likeness (QED) is 0.664. The smallest absolute Gasteiger partial charge is 0.227 e. The molecular weight excluding hydrogens is 322 g/mol. The molecule has 0 spiro atoms. The number of methoxy groups -OCH3 is 1. The number of hydrogen-bond acceptors (Lipinski definition) is 2. The maximum atomic E-state index is 12.8. The van der Waals surface area contributed by atoms with Crippen LogP contribution in [0.4, 0.5) is 0 Å². The van der Waals surface area contributed by atoms with Crippen molar-refractivity contribution >= 4 is 16.7 Å². The molecule has 0 aliphatic heterocycles. The van der Waals surface area contributed by atoms with E-state index in [1.54, 1.807) is 7.11 Å². The molecule has 3 heteroatoms. The lowest BCUT2D eigenvalue weighted by Gasteiger charge is -2.21. The van der Waals surface area contributed by atoms with E-state index in [1.165, 1.54) is 0 Å². The molecule has 0 heterocycles. The van der Waals surface area contributed by atoms with Crippen LogP contribution in [0.15, 0.2) is 66.7 Å². The zero-order chi connectivity index (χ0) is 18.5. The summed E-state index contributed by atoms with van der Waals surface area (Å²) in [4.78, 5) is 12.8. The Kier molecular flexibility index (Phi) is 5.57. The number of carbonyl (C=O) groups is 1. The first-order chi connectivity index (χ1) is 12.6. The molecule has 1 amide bonds. The minimum Gasteiger partial charge on any atom is -0.497 e. The zero-order valence-electron chi connectivity index (χ0n) is 15.5. The molecule has 3 rings (SSSR count). The second-order valence-corrected chi connectivity index (χ2v) is 6.57. The second kappa shape index (κ2) is 8.05. The molecule has 0 aliphatic carbocycles.